The van der Waals surface area contributed by atoms with Gasteiger partial charge in [0.05, 0.1) is 0 Å². The third-order valence-corrected chi connectivity index (χ3v) is 5.59. The van der Waals surface area contributed by atoms with Gasteiger partial charge in [0, 0.05) is 36.2 Å². The average molecular weight is 437 g/mol. The minimum absolute atomic E-state index is 0.0330. The number of hydrogen-bond donors (Lipinski definition) is 3. The van der Waals surface area contributed by atoms with Crippen molar-refractivity contribution in [1.82, 2.24) is 16.0 Å². The summed E-state index contributed by atoms with van der Waals surface area (Å²) in [4.78, 5) is 16.5. The number of ether oxygens (including phenoxy) is 1. The van der Waals surface area contributed by atoms with Crippen LogP contribution in [-0.4, -0.2) is 42.3 Å². The van der Waals surface area contributed by atoms with Gasteiger partial charge in [-0.15, -0.1) is 0 Å². The zero-order chi connectivity index (χ0) is 22.6. The predicted octanol–water partition coefficient (Wildman–Crippen LogP) is 4.21. The molecule has 0 heterocycles. The van der Waals surface area contributed by atoms with Crippen molar-refractivity contribution in [2.24, 2.45) is 4.99 Å². The summed E-state index contributed by atoms with van der Waals surface area (Å²) < 4.78 is 33.4. The highest BCUT2D eigenvalue weighted by Crippen LogP contribution is 2.43. The van der Waals surface area contributed by atoms with Crippen LogP contribution in [0.25, 0.3) is 0 Å². The quantitative estimate of drug-likeness (QED) is 0.477. The molecule has 0 aliphatic heterocycles. The zero-order valence-electron chi connectivity index (χ0n) is 18.8. The van der Waals surface area contributed by atoms with Crippen molar-refractivity contribution >= 4 is 12.1 Å². The zero-order valence-corrected chi connectivity index (χ0v) is 18.8. The Morgan fingerprint density at radius 1 is 1.06 bits per heavy atom. The van der Waals surface area contributed by atoms with Gasteiger partial charge in [-0.05, 0) is 71.9 Å². The van der Waals surface area contributed by atoms with E-state index in [0.29, 0.717) is 18.9 Å². The van der Waals surface area contributed by atoms with Crippen molar-refractivity contribution < 1.29 is 18.3 Å². The van der Waals surface area contributed by atoms with E-state index in [1.54, 1.807) is 0 Å². The number of amides is 1. The van der Waals surface area contributed by atoms with Crippen molar-refractivity contribution in [3.05, 3.63) is 35.4 Å². The molecule has 0 aromatic heterocycles. The van der Waals surface area contributed by atoms with Gasteiger partial charge in [-0.1, -0.05) is 6.07 Å². The van der Waals surface area contributed by atoms with E-state index in [4.69, 9.17) is 4.74 Å². The SMILES string of the molecule is CCN=C(NC1CCC(NC(=O)OC(C)(C)C)CC1)NC1CC1c1c(F)cccc1F. The molecule has 8 heteroatoms. The van der Waals surface area contributed by atoms with Crippen LogP contribution in [-0.2, 0) is 4.74 Å². The van der Waals surface area contributed by atoms with Gasteiger partial charge in [0.2, 0.25) is 0 Å². The van der Waals surface area contributed by atoms with E-state index in [1.165, 1.54) is 18.2 Å². The number of aliphatic imine (C=N–C) groups is 1. The number of nitrogens with zero attached hydrogens (tertiary/aromatic N) is 1. The molecule has 1 aromatic carbocycles. The maximum Gasteiger partial charge on any atom is 0.407 e. The van der Waals surface area contributed by atoms with Gasteiger partial charge in [-0.25, -0.2) is 13.6 Å². The summed E-state index contributed by atoms with van der Waals surface area (Å²) >= 11 is 0. The van der Waals surface area contributed by atoms with E-state index in [2.05, 4.69) is 20.9 Å². The lowest BCUT2D eigenvalue weighted by atomic mass is 9.91. The van der Waals surface area contributed by atoms with Crippen LogP contribution < -0.4 is 16.0 Å². The van der Waals surface area contributed by atoms with Gasteiger partial charge in [-0.2, -0.15) is 0 Å². The second-order valence-corrected chi connectivity index (χ2v) is 9.39. The van der Waals surface area contributed by atoms with Crippen LogP contribution in [0.15, 0.2) is 23.2 Å². The van der Waals surface area contributed by atoms with Gasteiger partial charge >= 0.3 is 6.09 Å². The van der Waals surface area contributed by atoms with E-state index < -0.39 is 17.2 Å². The highest BCUT2D eigenvalue weighted by Gasteiger charge is 2.42. The van der Waals surface area contributed by atoms with E-state index in [-0.39, 0.29) is 35.7 Å². The summed E-state index contributed by atoms with van der Waals surface area (Å²) in [5.74, 6) is -0.492. The lowest BCUT2D eigenvalue weighted by Gasteiger charge is -2.31. The number of carbonyl (C=O) groups excluding carboxylic acids is 1. The number of benzene rings is 1. The van der Waals surface area contributed by atoms with Crippen molar-refractivity contribution in [1.29, 1.82) is 0 Å². The molecular weight excluding hydrogens is 402 g/mol. The van der Waals surface area contributed by atoms with Crippen molar-refractivity contribution in [3.8, 4) is 0 Å². The molecule has 3 rings (SSSR count). The molecule has 6 nitrogen and oxygen atoms in total. The number of carbonyl (C=O) groups is 1. The lowest BCUT2D eigenvalue weighted by Crippen LogP contribution is -2.48. The fourth-order valence-electron chi connectivity index (χ4n) is 4.05. The standard InChI is InChI=1S/C23H34F2N4O2/c1-5-26-21(29-19-13-16(19)20-17(24)7-6-8-18(20)25)27-14-9-11-15(12-10-14)28-22(30)31-23(2,3)4/h6-8,14-16,19H,5,9-13H2,1-4H3,(H,28,30)(H2,26,27,29). The normalized spacial score (nSPS) is 26.2. The number of halogens is 2. The third kappa shape index (κ3) is 6.80. The Morgan fingerprint density at radius 2 is 1.65 bits per heavy atom. The van der Waals surface area contributed by atoms with Crippen LogP contribution in [0.3, 0.4) is 0 Å². The first-order valence-corrected chi connectivity index (χ1v) is 11.2. The van der Waals surface area contributed by atoms with E-state index in [1.807, 2.05) is 27.7 Å². The van der Waals surface area contributed by atoms with Crippen molar-refractivity contribution in [2.45, 2.75) is 89.4 Å². The van der Waals surface area contributed by atoms with E-state index in [0.717, 1.165) is 25.7 Å². The van der Waals surface area contributed by atoms with Crippen molar-refractivity contribution in [3.63, 3.8) is 0 Å². The van der Waals surface area contributed by atoms with Gasteiger partial charge in [0.1, 0.15) is 17.2 Å². The van der Waals surface area contributed by atoms with Crippen LogP contribution in [0.1, 0.15) is 71.3 Å². The number of alkyl carbamates (subject to hydrolysis) is 1. The van der Waals surface area contributed by atoms with Crippen LogP contribution in [0, 0.1) is 11.6 Å². The maximum absolute atomic E-state index is 14.0. The number of guanidine groups is 1. The van der Waals surface area contributed by atoms with Crippen LogP contribution >= 0.6 is 0 Å². The molecule has 172 valence electrons. The highest BCUT2D eigenvalue weighted by molar-refractivity contribution is 5.81. The molecule has 2 unspecified atom stereocenters. The summed E-state index contributed by atoms with van der Waals surface area (Å²) in [6.07, 6.45) is 3.78. The molecule has 0 saturated heterocycles. The summed E-state index contributed by atoms with van der Waals surface area (Å²) in [6.45, 7) is 8.10. The molecule has 2 fully saturated rings. The first-order valence-electron chi connectivity index (χ1n) is 11.2. The number of rotatable bonds is 5. The predicted molar refractivity (Wildman–Crippen MR) is 117 cm³/mol. The highest BCUT2D eigenvalue weighted by atomic mass is 19.1. The average Bonchev–Trinajstić information content (AvgIpc) is 3.40. The molecule has 2 saturated carbocycles. The Hall–Kier alpha value is -2.38. The Kier molecular flexibility index (Phi) is 7.38. The molecule has 2 atom stereocenters. The lowest BCUT2D eigenvalue weighted by molar-refractivity contribution is 0.0490. The van der Waals surface area contributed by atoms with Crippen LogP contribution in [0.5, 0.6) is 0 Å². The summed E-state index contributed by atoms with van der Waals surface area (Å²) in [5.41, 5.74) is -0.351. The number of hydrogen-bond acceptors (Lipinski definition) is 3. The molecule has 2 aliphatic rings. The Bertz CT molecular complexity index is 781. The van der Waals surface area contributed by atoms with Crippen LogP contribution in [0.4, 0.5) is 13.6 Å². The molecule has 1 amide bonds. The smallest absolute Gasteiger partial charge is 0.407 e. The fourth-order valence-corrected chi connectivity index (χ4v) is 4.05. The topological polar surface area (TPSA) is 74.8 Å². The Labute approximate surface area is 183 Å². The monoisotopic (exact) mass is 436 g/mol. The molecule has 31 heavy (non-hydrogen) atoms. The molecule has 1 aromatic rings. The molecule has 2 aliphatic carbocycles. The second-order valence-electron chi connectivity index (χ2n) is 9.39. The number of nitrogens with one attached hydrogen (secondary N) is 3. The Balaban J connectivity index is 1.47. The minimum Gasteiger partial charge on any atom is -0.444 e. The minimum atomic E-state index is -0.508. The largest absolute Gasteiger partial charge is 0.444 e. The van der Waals surface area contributed by atoms with Gasteiger partial charge < -0.3 is 20.7 Å². The summed E-state index contributed by atoms with van der Waals surface area (Å²) in [6, 6.07) is 4.29. The van der Waals surface area contributed by atoms with E-state index >= 15 is 0 Å². The molecule has 3 N–H and O–H groups in total. The molecule has 0 spiro atoms. The van der Waals surface area contributed by atoms with E-state index in [9.17, 15) is 13.6 Å². The van der Waals surface area contributed by atoms with Gasteiger partial charge in [0.15, 0.2) is 5.96 Å². The second kappa shape index (κ2) is 9.83. The molecular formula is C23H34F2N4O2. The first-order chi connectivity index (χ1) is 14.7. The van der Waals surface area contributed by atoms with Crippen LogP contribution in [0.2, 0.25) is 0 Å². The maximum atomic E-state index is 14.0. The summed E-state index contributed by atoms with van der Waals surface area (Å²) in [5, 5.41) is 9.72. The fraction of sp³-hybridized carbons (Fsp3) is 0.652. The Morgan fingerprint density at radius 3 is 2.19 bits per heavy atom. The van der Waals surface area contributed by atoms with Gasteiger partial charge in [-0.3, -0.25) is 4.99 Å². The third-order valence-electron chi connectivity index (χ3n) is 5.59. The van der Waals surface area contributed by atoms with Gasteiger partial charge in [0.25, 0.3) is 0 Å². The summed E-state index contributed by atoms with van der Waals surface area (Å²) in [7, 11) is 0. The van der Waals surface area contributed by atoms with Crippen molar-refractivity contribution in [2.75, 3.05) is 6.54 Å². The first kappa shape index (κ1) is 23.3. The molecule has 0 bridgehead atoms. The molecule has 0 radical (unpaired) electrons.